The van der Waals surface area contributed by atoms with Gasteiger partial charge in [-0.05, 0) is 33.1 Å². The van der Waals surface area contributed by atoms with E-state index in [4.69, 9.17) is 4.74 Å². The molecule has 0 radical (unpaired) electrons. The number of aromatic nitrogens is 3. The van der Waals surface area contributed by atoms with Crippen LogP contribution in [-0.2, 0) is 11.3 Å². The predicted molar refractivity (Wildman–Crippen MR) is 90.2 cm³/mol. The zero-order valence-corrected chi connectivity index (χ0v) is 15.1. The molecule has 25 heavy (non-hydrogen) atoms. The Kier molecular flexibility index (Phi) is 4.82. The van der Waals surface area contributed by atoms with Gasteiger partial charge in [0, 0.05) is 26.7 Å². The molecule has 0 bridgehead atoms. The van der Waals surface area contributed by atoms with Crippen LogP contribution in [-0.4, -0.2) is 75.5 Å². The first-order chi connectivity index (χ1) is 11.9. The van der Waals surface area contributed by atoms with Crippen molar-refractivity contribution in [2.24, 2.45) is 0 Å². The van der Waals surface area contributed by atoms with Crippen LogP contribution in [0.2, 0.25) is 0 Å². The topological polar surface area (TPSA) is 92.6 Å². The van der Waals surface area contributed by atoms with Crippen LogP contribution in [0.5, 0.6) is 0 Å². The minimum atomic E-state index is -0.545. The Morgan fingerprint density at radius 1 is 1.36 bits per heavy atom. The number of nitrogens with zero attached hydrogens (tertiary/aromatic N) is 5. The fraction of sp³-hybridized carbons (Fsp3) is 0.750. The lowest BCUT2D eigenvalue weighted by Gasteiger charge is -2.38. The number of hydrogen-bond acceptors (Lipinski definition) is 5. The first-order valence-corrected chi connectivity index (χ1v) is 8.73. The molecule has 1 atom stereocenters. The molecule has 1 N–H and O–H groups in total. The Morgan fingerprint density at radius 2 is 2.16 bits per heavy atom. The maximum absolute atomic E-state index is 12.4. The number of urea groups is 1. The van der Waals surface area contributed by atoms with Crippen LogP contribution in [0.3, 0.4) is 0 Å². The summed E-state index contributed by atoms with van der Waals surface area (Å²) in [4.78, 5) is 31.7. The highest BCUT2D eigenvalue weighted by Crippen LogP contribution is 2.31. The summed E-state index contributed by atoms with van der Waals surface area (Å²) >= 11 is 0. The van der Waals surface area contributed by atoms with E-state index in [-0.39, 0.29) is 12.1 Å². The third kappa shape index (κ3) is 3.85. The van der Waals surface area contributed by atoms with Gasteiger partial charge in [-0.25, -0.2) is 14.6 Å². The van der Waals surface area contributed by atoms with Crippen LogP contribution in [0.15, 0.2) is 0 Å². The van der Waals surface area contributed by atoms with E-state index in [2.05, 4.69) is 15.4 Å². The maximum atomic E-state index is 12.4. The molecule has 9 heteroatoms. The molecule has 1 aromatic rings. The van der Waals surface area contributed by atoms with Crippen LogP contribution < -0.4 is 5.32 Å². The fourth-order valence-corrected chi connectivity index (χ4v) is 3.58. The largest absolute Gasteiger partial charge is 0.439 e. The number of carbonyl (C=O) groups excluding carboxylic acids is 2. The molecule has 9 nitrogen and oxygen atoms in total. The normalized spacial score (nSPS) is 23.2. The number of rotatable bonds is 4. The van der Waals surface area contributed by atoms with Crippen LogP contribution in [0.4, 0.5) is 9.59 Å². The molecule has 0 saturated carbocycles. The van der Waals surface area contributed by atoms with Gasteiger partial charge in [0.05, 0.1) is 13.1 Å². The highest BCUT2D eigenvalue weighted by molar-refractivity contribution is 5.75. The van der Waals surface area contributed by atoms with Gasteiger partial charge in [-0.2, -0.15) is 5.10 Å². The van der Waals surface area contributed by atoms with E-state index in [0.717, 1.165) is 37.5 Å². The number of likely N-dealkylation sites (N-methyl/N-ethyl adjacent to an activating group) is 1. The Bertz CT molecular complexity index is 660. The smallest absolute Gasteiger partial charge is 0.410 e. The summed E-state index contributed by atoms with van der Waals surface area (Å²) in [7, 11) is 1.73. The van der Waals surface area contributed by atoms with Crippen LogP contribution in [0, 0.1) is 13.8 Å². The van der Waals surface area contributed by atoms with E-state index < -0.39 is 5.60 Å². The fourth-order valence-electron chi connectivity index (χ4n) is 3.58. The molecule has 138 valence electrons. The van der Waals surface area contributed by atoms with Gasteiger partial charge < -0.3 is 19.9 Å². The highest BCUT2D eigenvalue weighted by Gasteiger charge is 2.47. The molecule has 1 aromatic heterocycles. The van der Waals surface area contributed by atoms with E-state index in [9.17, 15) is 9.59 Å². The Balaban J connectivity index is 1.45. The summed E-state index contributed by atoms with van der Waals surface area (Å²) in [5.74, 6) is 1.64. The van der Waals surface area contributed by atoms with Crippen molar-refractivity contribution >= 4 is 12.1 Å². The van der Waals surface area contributed by atoms with Gasteiger partial charge in [0.15, 0.2) is 0 Å². The van der Waals surface area contributed by atoms with Crippen molar-refractivity contribution in [2.45, 2.75) is 45.3 Å². The molecule has 3 rings (SSSR count). The van der Waals surface area contributed by atoms with Crippen molar-refractivity contribution in [2.75, 3.05) is 33.2 Å². The van der Waals surface area contributed by atoms with Gasteiger partial charge in [0.25, 0.3) is 0 Å². The Morgan fingerprint density at radius 3 is 2.80 bits per heavy atom. The quantitative estimate of drug-likeness (QED) is 0.815. The summed E-state index contributed by atoms with van der Waals surface area (Å²) in [5.41, 5.74) is -0.545. The first kappa shape index (κ1) is 17.5. The van der Waals surface area contributed by atoms with Crippen LogP contribution in [0.1, 0.15) is 30.9 Å². The molecule has 2 saturated heterocycles. The average molecular weight is 350 g/mol. The number of likely N-dealkylation sites (tertiary alicyclic amines) is 1. The molecule has 1 unspecified atom stereocenters. The maximum Gasteiger partial charge on any atom is 0.410 e. The lowest BCUT2D eigenvalue weighted by Crippen LogP contribution is -2.54. The van der Waals surface area contributed by atoms with E-state index >= 15 is 0 Å². The zero-order valence-electron chi connectivity index (χ0n) is 15.1. The van der Waals surface area contributed by atoms with Gasteiger partial charge in [0.2, 0.25) is 0 Å². The number of nitrogens with one attached hydrogen (secondary N) is 1. The summed E-state index contributed by atoms with van der Waals surface area (Å²) in [6.07, 6.45) is 2.12. The van der Waals surface area contributed by atoms with Gasteiger partial charge >= 0.3 is 12.1 Å². The van der Waals surface area contributed by atoms with Crippen molar-refractivity contribution in [3.8, 4) is 0 Å². The van der Waals surface area contributed by atoms with E-state index in [1.54, 1.807) is 16.8 Å². The number of piperidine rings is 1. The third-order valence-electron chi connectivity index (χ3n) is 4.75. The minimum Gasteiger partial charge on any atom is -0.439 e. The monoisotopic (exact) mass is 350 g/mol. The first-order valence-electron chi connectivity index (χ1n) is 8.73. The summed E-state index contributed by atoms with van der Waals surface area (Å²) < 4.78 is 7.38. The second kappa shape index (κ2) is 6.89. The van der Waals surface area contributed by atoms with E-state index in [0.29, 0.717) is 26.2 Å². The molecule has 3 heterocycles. The lowest BCUT2D eigenvalue weighted by atomic mass is 9.93. The van der Waals surface area contributed by atoms with Gasteiger partial charge in [-0.1, -0.05) is 0 Å². The molecule has 2 fully saturated rings. The van der Waals surface area contributed by atoms with Gasteiger partial charge in [0.1, 0.15) is 17.2 Å². The van der Waals surface area contributed by atoms with Crippen molar-refractivity contribution < 1.29 is 14.3 Å². The highest BCUT2D eigenvalue weighted by atomic mass is 16.6. The predicted octanol–water partition coefficient (Wildman–Crippen LogP) is 0.911. The molecule has 0 aromatic carbocycles. The van der Waals surface area contributed by atoms with Gasteiger partial charge in [-0.15, -0.1) is 0 Å². The molecular weight excluding hydrogens is 324 g/mol. The van der Waals surface area contributed by atoms with E-state index in [1.165, 1.54) is 0 Å². The number of carbonyl (C=O) groups is 2. The van der Waals surface area contributed by atoms with Crippen molar-refractivity contribution in [1.29, 1.82) is 0 Å². The second-order valence-corrected chi connectivity index (χ2v) is 6.95. The van der Waals surface area contributed by atoms with Crippen molar-refractivity contribution in [3.63, 3.8) is 0 Å². The average Bonchev–Trinajstić information content (AvgIpc) is 3.02. The molecule has 3 amide bonds. The van der Waals surface area contributed by atoms with Gasteiger partial charge in [-0.3, -0.25) is 4.68 Å². The van der Waals surface area contributed by atoms with Crippen molar-refractivity contribution in [1.82, 2.24) is 29.9 Å². The van der Waals surface area contributed by atoms with Crippen LogP contribution >= 0.6 is 0 Å². The third-order valence-corrected chi connectivity index (χ3v) is 4.75. The summed E-state index contributed by atoms with van der Waals surface area (Å²) in [6, 6.07) is -0.101. The standard InChI is InChI=1S/C16H26N6O3/c1-12-18-13(2)22(19-12)9-5-7-17-14(23)21-8-4-6-16(11-21)10-20(3)15(24)25-16/h4-11H2,1-3H3,(H,17,23). The summed E-state index contributed by atoms with van der Waals surface area (Å²) in [6.45, 7) is 6.77. The SMILES string of the molecule is Cc1nc(C)n(CCCNC(=O)N2CCCC3(CN(C)C(=O)O3)C2)n1. The number of ether oxygens (including phenoxy) is 1. The number of hydrogen-bond donors (Lipinski definition) is 1. The molecule has 2 aliphatic heterocycles. The minimum absolute atomic E-state index is 0.101. The zero-order chi connectivity index (χ0) is 18.0. The Labute approximate surface area is 147 Å². The second-order valence-electron chi connectivity index (χ2n) is 6.95. The molecule has 1 spiro atoms. The lowest BCUT2D eigenvalue weighted by molar-refractivity contribution is 0.00322. The van der Waals surface area contributed by atoms with Crippen LogP contribution in [0.25, 0.3) is 0 Å². The van der Waals surface area contributed by atoms with Crippen molar-refractivity contribution in [3.05, 3.63) is 11.6 Å². The summed E-state index contributed by atoms with van der Waals surface area (Å²) in [5, 5.41) is 7.26. The molecular formula is C16H26N6O3. The number of amides is 3. The Hall–Kier alpha value is -2.32. The molecule has 2 aliphatic rings. The number of aryl methyl sites for hydroxylation is 3. The molecule has 0 aliphatic carbocycles. The van der Waals surface area contributed by atoms with E-state index in [1.807, 2.05) is 18.5 Å².